The highest BCUT2D eigenvalue weighted by Gasteiger charge is 2.37. The van der Waals surface area contributed by atoms with Crippen LogP contribution >= 0.6 is 11.8 Å². The molecule has 1 atom stereocenters. The Morgan fingerprint density at radius 3 is 1.82 bits per heavy atom. The Morgan fingerprint density at radius 2 is 1.39 bits per heavy atom. The molecule has 0 aromatic heterocycles. The van der Waals surface area contributed by atoms with Gasteiger partial charge in [0.15, 0.2) is 0 Å². The maximum atomic E-state index is 11.2. The van der Waals surface area contributed by atoms with E-state index in [0.717, 1.165) is 22.4 Å². The third-order valence-electron chi connectivity index (χ3n) is 4.64. The van der Waals surface area contributed by atoms with Gasteiger partial charge in [-0.25, -0.2) is 0 Å². The minimum Gasteiger partial charge on any atom is -0.548 e. The van der Waals surface area contributed by atoms with Crippen molar-refractivity contribution in [2.75, 3.05) is 12.9 Å². The number of thioether (sulfide) groups is 1. The number of rotatable bonds is 8. The van der Waals surface area contributed by atoms with Crippen molar-refractivity contribution in [1.82, 2.24) is 0 Å². The molecule has 2 N–H and O–H groups in total. The fourth-order valence-corrected chi connectivity index (χ4v) is 4.68. The summed E-state index contributed by atoms with van der Waals surface area (Å²) >= 11 is 1.49. The average Bonchev–Trinajstić information content (AvgIpc) is 2.76. The monoisotopic (exact) mass is 392 g/mol. The van der Waals surface area contributed by atoms with Crippen molar-refractivity contribution in [3.05, 3.63) is 102 Å². The quantitative estimate of drug-likeness (QED) is 0.597. The van der Waals surface area contributed by atoms with E-state index in [4.69, 9.17) is 10.5 Å². The van der Waals surface area contributed by atoms with Crippen LogP contribution in [0.1, 0.15) is 16.7 Å². The average molecular weight is 393 g/mol. The highest BCUT2D eigenvalue weighted by Crippen LogP contribution is 2.48. The summed E-state index contributed by atoms with van der Waals surface area (Å²) in [6, 6.07) is 26.8. The van der Waals surface area contributed by atoms with Gasteiger partial charge in [0, 0.05) is 5.75 Å². The maximum absolute atomic E-state index is 11.2. The van der Waals surface area contributed by atoms with Gasteiger partial charge in [-0.1, -0.05) is 72.8 Å². The molecule has 0 aliphatic heterocycles. The van der Waals surface area contributed by atoms with Crippen molar-refractivity contribution in [2.45, 2.75) is 10.8 Å². The number of hydrogen-bond donors (Lipinski definition) is 1. The van der Waals surface area contributed by atoms with Crippen molar-refractivity contribution in [3.63, 3.8) is 0 Å². The number of methoxy groups -OCH3 is 1. The van der Waals surface area contributed by atoms with Crippen LogP contribution in [0.3, 0.4) is 0 Å². The molecule has 0 aliphatic carbocycles. The zero-order chi connectivity index (χ0) is 20.0. The lowest BCUT2D eigenvalue weighted by atomic mass is 9.84. The number of nitrogens with two attached hydrogens (primary N) is 1. The molecule has 0 amide bonds. The van der Waals surface area contributed by atoms with Crippen molar-refractivity contribution >= 4 is 17.7 Å². The molecule has 0 bridgehead atoms. The summed E-state index contributed by atoms with van der Waals surface area (Å²) in [5, 5.41) is 11.2. The van der Waals surface area contributed by atoms with Gasteiger partial charge in [-0.3, -0.25) is 0 Å². The predicted octanol–water partition coefficient (Wildman–Crippen LogP) is 2.80. The molecule has 0 saturated heterocycles. The number of carboxylic acids is 1. The van der Waals surface area contributed by atoms with Crippen LogP contribution in [0.5, 0.6) is 5.75 Å². The first kappa shape index (κ1) is 20.0. The standard InChI is InChI=1S/C23H23NO3S/c1-27-20-14-12-19(13-15-20)23(17-8-4-2-5-9-17,18-10-6-3-7-11-18)28-16-21(24)22(25)26/h2-15,21H,16,24H2,1H3,(H,25,26)/p-1. The highest BCUT2D eigenvalue weighted by molar-refractivity contribution is 8.00. The normalized spacial score (nSPS) is 12.4. The molecular weight excluding hydrogens is 370 g/mol. The fourth-order valence-electron chi connectivity index (χ4n) is 3.20. The second-order valence-corrected chi connectivity index (χ2v) is 7.61. The highest BCUT2D eigenvalue weighted by atomic mass is 32.2. The van der Waals surface area contributed by atoms with Gasteiger partial charge in [0.25, 0.3) is 0 Å². The van der Waals surface area contributed by atoms with Gasteiger partial charge in [0.05, 0.1) is 23.9 Å². The summed E-state index contributed by atoms with van der Waals surface area (Å²) < 4.78 is 4.69. The molecule has 0 heterocycles. The predicted molar refractivity (Wildman–Crippen MR) is 111 cm³/mol. The molecule has 0 spiro atoms. The van der Waals surface area contributed by atoms with Gasteiger partial charge < -0.3 is 20.4 Å². The summed E-state index contributed by atoms with van der Waals surface area (Å²) in [7, 11) is 1.63. The number of aliphatic carboxylic acids is 1. The topological polar surface area (TPSA) is 75.4 Å². The lowest BCUT2D eigenvalue weighted by Crippen LogP contribution is -2.44. The molecule has 0 saturated carbocycles. The van der Waals surface area contributed by atoms with Gasteiger partial charge in [-0.05, 0) is 28.8 Å². The van der Waals surface area contributed by atoms with E-state index in [1.54, 1.807) is 7.11 Å². The third-order valence-corrected chi connectivity index (χ3v) is 6.31. The summed E-state index contributed by atoms with van der Waals surface area (Å²) in [6.45, 7) is 0. The van der Waals surface area contributed by atoms with Crippen LogP contribution in [0, 0.1) is 0 Å². The minimum absolute atomic E-state index is 0.206. The van der Waals surface area contributed by atoms with E-state index in [1.807, 2.05) is 60.7 Å². The Hall–Kier alpha value is -2.76. The molecule has 0 fully saturated rings. The van der Waals surface area contributed by atoms with Crippen molar-refractivity contribution in [1.29, 1.82) is 0 Å². The zero-order valence-corrected chi connectivity index (χ0v) is 16.4. The van der Waals surface area contributed by atoms with Crippen molar-refractivity contribution in [2.24, 2.45) is 5.73 Å². The first-order chi connectivity index (χ1) is 13.6. The number of carboxylic acid groups (broad SMARTS) is 1. The van der Waals surface area contributed by atoms with Crippen LogP contribution in [-0.4, -0.2) is 24.9 Å². The van der Waals surface area contributed by atoms with Crippen LogP contribution in [0.15, 0.2) is 84.9 Å². The minimum atomic E-state index is -1.25. The Kier molecular flexibility index (Phi) is 6.39. The van der Waals surface area contributed by atoms with Gasteiger partial charge >= 0.3 is 0 Å². The number of carbonyl (C=O) groups is 1. The lowest BCUT2D eigenvalue weighted by Gasteiger charge is -2.36. The smallest absolute Gasteiger partial charge is 0.118 e. The molecule has 1 unspecified atom stereocenters. The Balaban J connectivity index is 2.20. The van der Waals surface area contributed by atoms with Crippen molar-refractivity contribution in [3.8, 4) is 5.75 Å². The third kappa shape index (κ3) is 4.06. The summed E-state index contributed by atoms with van der Waals surface area (Å²) in [5.41, 5.74) is 8.90. The van der Waals surface area contributed by atoms with E-state index in [2.05, 4.69) is 24.3 Å². The molecule has 144 valence electrons. The Morgan fingerprint density at radius 1 is 0.929 bits per heavy atom. The molecule has 3 aromatic carbocycles. The molecule has 0 radical (unpaired) electrons. The molecular formula is C23H22NO3S-. The zero-order valence-electron chi connectivity index (χ0n) is 15.6. The maximum Gasteiger partial charge on any atom is 0.118 e. The molecule has 0 aliphatic rings. The van der Waals surface area contributed by atoms with Crippen LogP contribution in [-0.2, 0) is 9.54 Å². The largest absolute Gasteiger partial charge is 0.548 e. The van der Waals surface area contributed by atoms with E-state index >= 15 is 0 Å². The van der Waals surface area contributed by atoms with Gasteiger partial charge in [-0.2, -0.15) is 0 Å². The second kappa shape index (κ2) is 8.95. The molecule has 4 nitrogen and oxygen atoms in total. The number of carbonyl (C=O) groups excluding carboxylic acids is 1. The van der Waals surface area contributed by atoms with E-state index in [1.165, 1.54) is 11.8 Å². The van der Waals surface area contributed by atoms with Gasteiger partial charge in [-0.15, -0.1) is 11.8 Å². The SMILES string of the molecule is COc1ccc(C(SCC(N)C(=O)[O-])(c2ccccc2)c2ccccc2)cc1. The van der Waals surface area contributed by atoms with E-state index in [0.29, 0.717) is 0 Å². The first-order valence-corrected chi connectivity index (χ1v) is 9.92. The first-order valence-electron chi connectivity index (χ1n) is 8.94. The summed E-state index contributed by atoms with van der Waals surface area (Å²) in [4.78, 5) is 11.2. The molecule has 3 aromatic rings. The molecule has 28 heavy (non-hydrogen) atoms. The van der Waals surface area contributed by atoms with Gasteiger partial charge in [0.1, 0.15) is 5.75 Å². The Bertz CT molecular complexity index is 859. The van der Waals surface area contributed by atoms with Crippen LogP contribution in [0.4, 0.5) is 0 Å². The van der Waals surface area contributed by atoms with Gasteiger partial charge in [0.2, 0.25) is 0 Å². The molecule has 3 rings (SSSR count). The number of ether oxygens (including phenoxy) is 1. The number of benzene rings is 3. The van der Waals surface area contributed by atoms with Crippen LogP contribution in [0.2, 0.25) is 0 Å². The van der Waals surface area contributed by atoms with Crippen LogP contribution < -0.4 is 15.6 Å². The molecule has 5 heteroatoms. The summed E-state index contributed by atoms with van der Waals surface area (Å²) in [5.74, 6) is -0.287. The van der Waals surface area contributed by atoms with E-state index in [9.17, 15) is 9.90 Å². The van der Waals surface area contributed by atoms with E-state index in [-0.39, 0.29) is 5.75 Å². The number of hydrogen-bond acceptors (Lipinski definition) is 5. The van der Waals surface area contributed by atoms with Crippen LogP contribution in [0.25, 0.3) is 0 Å². The Labute approximate surface area is 169 Å². The lowest BCUT2D eigenvalue weighted by molar-refractivity contribution is -0.306. The van der Waals surface area contributed by atoms with E-state index < -0.39 is 16.8 Å². The fraction of sp³-hybridized carbons (Fsp3) is 0.174. The van der Waals surface area contributed by atoms with Crippen molar-refractivity contribution < 1.29 is 14.6 Å². The second-order valence-electron chi connectivity index (χ2n) is 6.38. The summed E-state index contributed by atoms with van der Waals surface area (Å²) in [6.07, 6.45) is 0.